The molecule has 24 heavy (non-hydrogen) atoms. The number of anilines is 2. The molecule has 0 aromatic heterocycles. The summed E-state index contributed by atoms with van der Waals surface area (Å²) < 4.78 is 5.08. The molecule has 0 fully saturated rings. The van der Waals surface area contributed by atoms with Gasteiger partial charge in [-0.25, -0.2) is 4.79 Å². The molecule has 2 rings (SSSR count). The molecule has 3 amide bonds. The van der Waals surface area contributed by atoms with E-state index in [2.05, 4.69) is 16.0 Å². The Hall–Kier alpha value is -3.28. The first-order chi connectivity index (χ1) is 11.6. The van der Waals surface area contributed by atoms with Crippen LogP contribution in [0.5, 0.6) is 5.75 Å². The maximum absolute atomic E-state index is 11.9. The van der Waals surface area contributed by atoms with Crippen LogP contribution in [0.1, 0.15) is 12.5 Å². The van der Waals surface area contributed by atoms with Gasteiger partial charge in [-0.15, -0.1) is 0 Å². The van der Waals surface area contributed by atoms with Gasteiger partial charge in [-0.3, -0.25) is 4.79 Å². The van der Waals surface area contributed by atoms with Crippen molar-refractivity contribution in [2.24, 2.45) is 0 Å². The monoisotopic (exact) mass is 325 g/mol. The molecule has 124 valence electrons. The van der Waals surface area contributed by atoms with Crippen LogP contribution in [0, 0.1) is 0 Å². The topological polar surface area (TPSA) is 79.5 Å². The molecule has 6 nitrogen and oxygen atoms in total. The van der Waals surface area contributed by atoms with Crippen LogP contribution < -0.4 is 20.7 Å². The van der Waals surface area contributed by atoms with Gasteiger partial charge in [0, 0.05) is 24.5 Å². The zero-order chi connectivity index (χ0) is 17.4. The highest BCUT2D eigenvalue weighted by Gasteiger charge is 2.01. The molecular formula is C18H19N3O3. The Morgan fingerprint density at radius 2 is 1.67 bits per heavy atom. The fraction of sp³-hybridized carbons (Fsp3) is 0.111. The fourth-order valence-corrected chi connectivity index (χ4v) is 1.97. The van der Waals surface area contributed by atoms with E-state index in [0.29, 0.717) is 11.4 Å². The molecule has 6 heteroatoms. The van der Waals surface area contributed by atoms with Crippen molar-refractivity contribution in [2.45, 2.75) is 6.92 Å². The number of methoxy groups -OCH3 is 1. The van der Waals surface area contributed by atoms with Crippen molar-refractivity contribution in [2.75, 3.05) is 17.7 Å². The molecule has 2 aromatic carbocycles. The Bertz CT molecular complexity index is 739. The predicted molar refractivity (Wildman–Crippen MR) is 94.9 cm³/mol. The van der Waals surface area contributed by atoms with E-state index >= 15 is 0 Å². The van der Waals surface area contributed by atoms with Gasteiger partial charge in [0.2, 0.25) is 5.91 Å². The summed E-state index contributed by atoms with van der Waals surface area (Å²) in [5.74, 6) is 0.607. The van der Waals surface area contributed by atoms with E-state index in [0.717, 1.165) is 11.3 Å². The third-order valence-corrected chi connectivity index (χ3v) is 3.05. The molecule has 0 saturated carbocycles. The van der Waals surface area contributed by atoms with Gasteiger partial charge in [-0.2, -0.15) is 0 Å². The summed E-state index contributed by atoms with van der Waals surface area (Å²) in [6, 6.07) is 14.0. The van der Waals surface area contributed by atoms with E-state index in [9.17, 15) is 9.59 Å². The maximum atomic E-state index is 11.9. The van der Waals surface area contributed by atoms with Crippen molar-refractivity contribution in [3.63, 3.8) is 0 Å². The lowest BCUT2D eigenvalue weighted by Crippen LogP contribution is -2.23. The standard InChI is InChI=1S/C18H19N3O3/c1-13(22)20-15-4-3-5-16(12-15)21-18(23)19-11-10-14-6-8-17(24-2)9-7-14/h3-12H,1-2H3,(H,20,22)(H2,19,21,23)/b11-10+. The highest BCUT2D eigenvalue weighted by Crippen LogP contribution is 2.15. The van der Waals surface area contributed by atoms with Gasteiger partial charge >= 0.3 is 6.03 Å². The van der Waals surface area contributed by atoms with E-state index < -0.39 is 0 Å². The van der Waals surface area contributed by atoms with Crippen molar-refractivity contribution in [1.29, 1.82) is 0 Å². The predicted octanol–water partition coefficient (Wildman–Crippen LogP) is 3.45. The second-order valence-corrected chi connectivity index (χ2v) is 4.97. The van der Waals surface area contributed by atoms with Gasteiger partial charge in [-0.1, -0.05) is 18.2 Å². The number of nitrogens with one attached hydrogen (secondary N) is 3. The maximum Gasteiger partial charge on any atom is 0.323 e. The average molecular weight is 325 g/mol. The minimum absolute atomic E-state index is 0.168. The van der Waals surface area contributed by atoms with E-state index in [1.165, 1.54) is 6.92 Å². The van der Waals surface area contributed by atoms with Crippen LogP contribution in [0.25, 0.3) is 6.08 Å². The van der Waals surface area contributed by atoms with Crippen LogP contribution in [-0.4, -0.2) is 19.0 Å². The molecule has 0 saturated heterocycles. The van der Waals surface area contributed by atoms with E-state index in [1.807, 2.05) is 24.3 Å². The Morgan fingerprint density at radius 3 is 2.29 bits per heavy atom. The number of carbonyl (C=O) groups is 2. The fourth-order valence-electron chi connectivity index (χ4n) is 1.97. The van der Waals surface area contributed by atoms with Gasteiger partial charge in [0.1, 0.15) is 5.75 Å². The van der Waals surface area contributed by atoms with Gasteiger partial charge in [-0.05, 0) is 42.0 Å². The minimum atomic E-state index is -0.375. The summed E-state index contributed by atoms with van der Waals surface area (Å²) in [5.41, 5.74) is 2.13. The highest BCUT2D eigenvalue weighted by atomic mass is 16.5. The smallest absolute Gasteiger partial charge is 0.323 e. The largest absolute Gasteiger partial charge is 0.497 e. The molecule has 0 radical (unpaired) electrons. The lowest BCUT2D eigenvalue weighted by Gasteiger charge is -2.07. The van der Waals surface area contributed by atoms with Crippen molar-refractivity contribution in [3.8, 4) is 5.75 Å². The molecule has 0 bridgehead atoms. The number of rotatable bonds is 5. The molecule has 0 aliphatic rings. The molecular weight excluding hydrogens is 306 g/mol. The Kier molecular flexibility index (Phi) is 5.96. The van der Waals surface area contributed by atoms with Crippen LogP contribution in [0.15, 0.2) is 54.7 Å². The molecule has 3 N–H and O–H groups in total. The Labute approximate surface area is 140 Å². The molecule has 0 unspecified atom stereocenters. The summed E-state index contributed by atoms with van der Waals surface area (Å²) in [6.07, 6.45) is 3.32. The number of urea groups is 1. The number of benzene rings is 2. The number of hydrogen-bond acceptors (Lipinski definition) is 3. The second kappa shape index (κ2) is 8.38. The third-order valence-electron chi connectivity index (χ3n) is 3.05. The number of ether oxygens (including phenoxy) is 1. The summed E-state index contributed by atoms with van der Waals surface area (Å²) >= 11 is 0. The highest BCUT2D eigenvalue weighted by molar-refractivity contribution is 5.93. The molecule has 0 aliphatic heterocycles. The van der Waals surface area contributed by atoms with Crippen LogP contribution in [0.4, 0.5) is 16.2 Å². The second-order valence-electron chi connectivity index (χ2n) is 4.97. The number of hydrogen-bond donors (Lipinski definition) is 3. The van der Waals surface area contributed by atoms with Gasteiger partial charge in [0.05, 0.1) is 7.11 Å². The van der Waals surface area contributed by atoms with Crippen LogP contribution in [-0.2, 0) is 4.79 Å². The van der Waals surface area contributed by atoms with E-state index in [1.54, 1.807) is 43.7 Å². The van der Waals surface area contributed by atoms with Crippen molar-refractivity contribution < 1.29 is 14.3 Å². The van der Waals surface area contributed by atoms with Gasteiger partial charge in [0.25, 0.3) is 0 Å². The quantitative estimate of drug-likeness (QED) is 0.788. The minimum Gasteiger partial charge on any atom is -0.497 e. The summed E-state index contributed by atoms with van der Waals surface area (Å²) in [4.78, 5) is 22.9. The number of carbonyl (C=O) groups excluding carboxylic acids is 2. The summed E-state index contributed by atoms with van der Waals surface area (Å²) in [7, 11) is 1.61. The van der Waals surface area contributed by atoms with Crippen molar-refractivity contribution in [3.05, 3.63) is 60.3 Å². The van der Waals surface area contributed by atoms with Crippen LogP contribution >= 0.6 is 0 Å². The van der Waals surface area contributed by atoms with Crippen molar-refractivity contribution in [1.82, 2.24) is 5.32 Å². The van der Waals surface area contributed by atoms with Crippen molar-refractivity contribution >= 4 is 29.4 Å². The summed E-state index contributed by atoms with van der Waals surface area (Å²) in [5, 5.41) is 7.96. The first-order valence-corrected chi connectivity index (χ1v) is 7.32. The molecule has 2 aromatic rings. The van der Waals surface area contributed by atoms with Gasteiger partial charge in [0.15, 0.2) is 0 Å². The summed E-state index contributed by atoms with van der Waals surface area (Å²) in [6.45, 7) is 1.43. The van der Waals surface area contributed by atoms with E-state index in [-0.39, 0.29) is 11.9 Å². The third kappa shape index (κ3) is 5.49. The SMILES string of the molecule is COc1ccc(/C=C/NC(=O)Nc2cccc(NC(C)=O)c2)cc1. The van der Waals surface area contributed by atoms with Crippen LogP contribution in [0.3, 0.4) is 0 Å². The lowest BCUT2D eigenvalue weighted by molar-refractivity contribution is -0.114. The molecule has 0 atom stereocenters. The molecule has 0 heterocycles. The van der Waals surface area contributed by atoms with E-state index in [4.69, 9.17) is 4.74 Å². The molecule has 0 spiro atoms. The Morgan fingerprint density at radius 1 is 1.00 bits per heavy atom. The van der Waals surface area contributed by atoms with Crippen LogP contribution in [0.2, 0.25) is 0 Å². The first kappa shape index (κ1) is 17.1. The number of amides is 3. The molecule has 0 aliphatic carbocycles. The zero-order valence-electron chi connectivity index (χ0n) is 13.5. The Balaban J connectivity index is 1.88. The average Bonchev–Trinajstić information content (AvgIpc) is 2.55. The first-order valence-electron chi connectivity index (χ1n) is 7.32. The van der Waals surface area contributed by atoms with Gasteiger partial charge < -0.3 is 20.7 Å². The zero-order valence-corrected chi connectivity index (χ0v) is 13.5. The normalized spacial score (nSPS) is 10.2. The lowest BCUT2D eigenvalue weighted by atomic mass is 10.2.